The second-order valence-electron chi connectivity index (χ2n) is 4.69. The fourth-order valence-electron chi connectivity index (χ4n) is 1.75. The van der Waals surface area contributed by atoms with Gasteiger partial charge in [0.2, 0.25) is 0 Å². The first-order chi connectivity index (χ1) is 8.96. The van der Waals surface area contributed by atoms with Crippen molar-refractivity contribution in [3.8, 4) is 18.1 Å². The fraction of sp³-hybridized carbons (Fsp3) is 0.467. The Labute approximate surface area is 115 Å². The highest BCUT2D eigenvalue weighted by Crippen LogP contribution is 2.25. The van der Waals surface area contributed by atoms with Gasteiger partial charge >= 0.3 is 0 Å². The molecule has 0 aliphatic rings. The zero-order valence-corrected chi connectivity index (χ0v) is 12.2. The predicted octanol–water partition coefficient (Wildman–Crippen LogP) is 2.63. The quantitative estimate of drug-likeness (QED) is 0.569. The van der Waals surface area contributed by atoms with Gasteiger partial charge in [-0.15, -0.1) is 6.42 Å². The molecule has 0 aliphatic carbocycles. The van der Waals surface area contributed by atoms with Crippen LogP contribution in [-0.2, 0) is 9.84 Å². The Morgan fingerprint density at radius 2 is 2.00 bits per heavy atom. The van der Waals surface area contributed by atoms with Crippen LogP contribution in [0.4, 0.5) is 0 Å². The molecule has 0 amide bonds. The second-order valence-corrected chi connectivity index (χ2v) is 6.87. The van der Waals surface area contributed by atoms with E-state index in [0.29, 0.717) is 18.9 Å². The molecule has 0 atom stereocenters. The summed E-state index contributed by atoms with van der Waals surface area (Å²) >= 11 is 0. The standard InChI is InChI=1S/C15H20O3S/c1-4-11-19(16,17)12-7-10-18-15-9-6-5-8-14(15)13(2)3/h1,5-6,8-9,13H,7,10-12H2,2-3H3. The highest BCUT2D eigenvalue weighted by atomic mass is 32.2. The molecular formula is C15H20O3S. The Balaban J connectivity index is 2.49. The van der Waals surface area contributed by atoms with E-state index in [1.165, 1.54) is 0 Å². The third kappa shape index (κ3) is 5.35. The highest BCUT2D eigenvalue weighted by Gasteiger charge is 2.10. The fourth-order valence-corrected chi connectivity index (χ4v) is 2.70. The Morgan fingerprint density at radius 3 is 2.63 bits per heavy atom. The van der Waals surface area contributed by atoms with Gasteiger partial charge in [-0.05, 0) is 24.0 Å². The van der Waals surface area contributed by atoms with Gasteiger partial charge in [-0.2, -0.15) is 0 Å². The maximum absolute atomic E-state index is 11.4. The van der Waals surface area contributed by atoms with E-state index in [9.17, 15) is 8.42 Å². The van der Waals surface area contributed by atoms with Crippen molar-refractivity contribution in [1.29, 1.82) is 0 Å². The van der Waals surface area contributed by atoms with Crippen LogP contribution in [0.25, 0.3) is 0 Å². The van der Waals surface area contributed by atoms with E-state index in [0.717, 1.165) is 11.3 Å². The largest absolute Gasteiger partial charge is 0.493 e. The first-order valence-corrected chi connectivity index (χ1v) is 8.14. The first-order valence-electron chi connectivity index (χ1n) is 6.32. The van der Waals surface area contributed by atoms with Crippen LogP contribution in [0, 0.1) is 12.3 Å². The predicted molar refractivity (Wildman–Crippen MR) is 78.1 cm³/mol. The molecule has 0 aliphatic heterocycles. The molecule has 0 spiro atoms. The molecule has 4 heteroatoms. The van der Waals surface area contributed by atoms with E-state index in [1.807, 2.05) is 24.3 Å². The van der Waals surface area contributed by atoms with Crippen molar-refractivity contribution in [2.24, 2.45) is 0 Å². The molecule has 0 fully saturated rings. The SMILES string of the molecule is C#CCS(=O)(=O)CCCOc1ccccc1C(C)C. The van der Waals surface area contributed by atoms with E-state index >= 15 is 0 Å². The van der Waals surface area contributed by atoms with Gasteiger partial charge in [0.05, 0.1) is 12.4 Å². The lowest BCUT2D eigenvalue weighted by molar-refractivity contribution is 0.313. The molecule has 0 N–H and O–H groups in total. The van der Waals surface area contributed by atoms with Crippen LogP contribution >= 0.6 is 0 Å². The number of hydrogen-bond acceptors (Lipinski definition) is 3. The van der Waals surface area contributed by atoms with E-state index in [1.54, 1.807) is 0 Å². The van der Waals surface area contributed by atoms with Crippen molar-refractivity contribution < 1.29 is 13.2 Å². The normalized spacial score (nSPS) is 11.3. The third-order valence-corrected chi connectivity index (χ3v) is 4.22. The van der Waals surface area contributed by atoms with Gasteiger partial charge in [0.1, 0.15) is 11.5 Å². The average molecular weight is 280 g/mol. The maximum Gasteiger partial charge on any atom is 0.161 e. The summed E-state index contributed by atoms with van der Waals surface area (Å²) in [4.78, 5) is 0. The van der Waals surface area contributed by atoms with Crippen molar-refractivity contribution in [3.63, 3.8) is 0 Å². The molecule has 1 aromatic carbocycles. The number of benzene rings is 1. The summed E-state index contributed by atoms with van der Waals surface area (Å²) in [7, 11) is -3.13. The Hall–Kier alpha value is -1.47. The molecule has 0 saturated carbocycles. The number of ether oxygens (including phenoxy) is 1. The summed E-state index contributed by atoms with van der Waals surface area (Å²) in [6.45, 7) is 4.58. The maximum atomic E-state index is 11.4. The lowest BCUT2D eigenvalue weighted by atomic mass is 10.0. The molecule has 0 radical (unpaired) electrons. The van der Waals surface area contributed by atoms with Gasteiger partial charge in [-0.1, -0.05) is 38.0 Å². The molecule has 19 heavy (non-hydrogen) atoms. The number of hydrogen-bond donors (Lipinski definition) is 0. The van der Waals surface area contributed by atoms with Crippen LogP contribution in [0.2, 0.25) is 0 Å². The van der Waals surface area contributed by atoms with E-state index in [4.69, 9.17) is 11.2 Å². The van der Waals surface area contributed by atoms with Crippen LogP contribution in [0.5, 0.6) is 5.75 Å². The molecule has 1 aromatic rings. The lowest BCUT2D eigenvalue weighted by Crippen LogP contribution is -2.13. The van der Waals surface area contributed by atoms with Crippen molar-refractivity contribution in [3.05, 3.63) is 29.8 Å². The Morgan fingerprint density at radius 1 is 1.32 bits per heavy atom. The number of terminal acetylenes is 1. The summed E-state index contributed by atoms with van der Waals surface area (Å²) < 4.78 is 28.5. The molecule has 0 saturated heterocycles. The molecule has 0 aromatic heterocycles. The van der Waals surface area contributed by atoms with Gasteiger partial charge in [0, 0.05) is 0 Å². The Bertz CT molecular complexity index is 539. The van der Waals surface area contributed by atoms with Crippen LogP contribution in [0.3, 0.4) is 0 Å². The molecular weight excluding hydrogens is 260 g/mol. The molecule has 1 rings (SSSR count). The molecule has 104 valence electrons. The summed E-state index contributed by atoms with van der Waals surface area (Å²) in [6.07, 6.45) is 5.46. The molecule has 0 unspecified atom stereocenters. The van der Waals surface area contributed by atoms with Crippen LogP contribution in [-0.4, -0.2) is 26.5 Å². The van der Waals surface area contributed by atoms with Crippen LogP contribution in [0.15, 0.2) is 24.3 Å². The molecule has 0 heterocycles. The van der Waals surface area contributed by atoms with E-state index < -0.39 is 9.84 Å². The molecule has 3 nitrogen and oxygen atoms in total. The van der Waals surface area contributed by atoms with E-state index in [-0.39, 0.29) is 11.5 Å². The number of rotatable bonds is 7. The number of sulfone groups is 1. The minimum Gasteiger partial charge on any atom is -0.493 e. The summed E-state index contributed by atoms with van der Waals surface area (Å²) in [5.74, 6) is 3.24. The topological polar surface area (TPSA) is 43.4 Å². The zero-order chi connectivity index (χ0) is 14.3. The summed E-state index contributed by atoms with van der Waals surface area (Å²) in [5, 5.41) is 0. The van der Waals surface area contributed by atoms with Crippen molar-refractivity contribution >= 4 is 9.84 Å². The van der Waals surface area contributed by atoms with Crippen molar-refractivity contribution in [2.45, 2.75) is 26.2 Å². The summed E-state index contributed by atoms with van der Waals surface area (Å²) in [6, 6.07) is 7.82. The first kappa shape index (κ1) is 15.6. The van der Waals surface area contributed by atoms with Crippen LogP contribution < -0.4 is 4.74 Å². The average Bonchev–Trinajstić information content (AvgIpc) is 2.35. The minimum atomic E-state index is -3.13. The third-order valence-electron chi connectivity index (χ3n) is 2.70. The highest BCUT2D eigenvalue weighted by molar-refractivity contribution is 7.91. The second kappa shape index (κ2) is 7.20. The minimum absolute atomic E-state index is 0.0705. The van der Waals surface area contributed by atoms with Crippen molar-refractivity contribution in [1.82, 2.24) is 0 Å². The smallest absolute Gasteiger partial charge is 0.161 e. The van der Waals surface area contributed by atoms with Crippen molar-refractivity contribution in [2.75, 3.05) is 18.1 Å². The van der Waals surface area contributed by atoms with Gasteiger partial charge in [0.25, 0.3) is 0 Å². The van der Waals surface area contributed by atoms with E-state index in [2.05, 4.69) is 19.8 Å². The monoisotopic (exact) mass is 280 g/mol. The van der Waals surface area contributed by atoms with Gasteiger partial charge < -0.3 is 4.74 Å². The van der Waals surface area contributed by atoms with Crippen LogP contribution in [0.1, 0.15) is 31.7 Å². The van der Waals surface area contributed by atoms with Gasteiger partial charge in [0.15, 0.2) is 9.84 Å². The van der Waals surface area contributed by atoms with Gasteiger partial charge in [-0.3, -0.25) is 0 Å². The summed E-state index contributed by atoms with van der Waals surface area (Å²) in [5.41, 5.74) is 1.13. The van der Waals surface area contributed by atoms with Gasteiger partial charge in [-0.25, -0.2) is 8.42 Å². The Kier molecular flexibility index (Phi) is 5.91. The number of para-hydroxylation sites is 1. The zero-order valence-electron chi connectivity index (χ0n) is 11.4. The lowest BCUT2D eigenvalue weighted by Gasteiger charge is -2.13. The molecule has 0 bridgehead atoms.